The molecule has 166 valence electrons. The van der Waals surface area contributed by atoms with Gasteiger partial charge in [-0.15, -0.1) is 0 Å². The van der Waals surface area contributed by atoms with Crippen LogP contribution in [-0.4, -0.2) is 67.6 Å². The lowest BCUT2D eigenvalue weighted by Gasteiger charge is -2.42. The van der Waals surface area contributed by atoms with Gasteiger partial charge in [0.25, 0.3) is 0 Å². The van der Waals surface area contributed by atoms with Crippen LogP contribution in [-0.2, 0) is 9.16 Å². The van der Waals surface area contributed by atoms with E-state index in [1.807, 2.05) is 0 Å². The topological polar surface area (TPSA) is 116 Å². The number of methoxy groups -OCH3 is 1. The summed E-state index contributed by atoms with van der Waals surface area (Å²) in [5, 5.41) is 10.6. The van der Waals surface area contributed by atoms with Crippen LogP contribution in [0.5, 0.6) is 6.01 Å². The van der Waals surface area contributed by atoms with Gasteiger partial charge in [0.1, 0.15) is 12.3 Å². The van der Waals surface area contributed by atoms with E-state index in [2.05, 4.69) is 56.5 Å². The van der Waals surface area contributed by atoms with Gasteiger partial charge >= 0.3 is 6.01 Å². The number of nitrogen functional groups attached to an aromatic ring is 1. The highest BCUT2D eigenvalue weighted by molar-refractivity contribution is 6.77. The van der Waals surface area contributed by atoms with Crippen LogP contribution in [0.4, 0.5) is 11.9 Å². The lowest BCUT2D eigenvalue weighted by atomic mass is 10.2. The van der Waals surface area contributed by atoms with Gasteiger partial charge in [-0.2, -0.15) is 15.0 Å². The van der Waals surface area contributed by atoms with Gasteiger partial charge in [-0.3, -0.25) is 0 Å². The van der Waals surface area contributed by atoms with Crippen molar-refractivity contribution in [2.24, 2.45) is 0 Å². The van der Waals surface area contributed by atoms with Crippen LogP contribution >= 0.6 is 0 Å². The van der Waals surface area contributed by atoms with Crippen LogP contribution in [0.3, 0.4) is 0 Å². The quantitative estimate of drug-likeness (QED) is 0.573. The number of nitrogens with two attached hydrogens (primary N) is 1. The van der Waals surface area contributed by atoms with Crippen molar-refractivity contribution in [1.29, 1.82) is 0 Å². The Morgan fingerprint density at radius 3 is 2.24 bits per heavy atom. The van der Waals surface area contributed by atoms with Crippen LogP contribution in [0, 0.1) is 0 Å². The Kier molecular flexibility index (Phi) is 7.83. The monoisotopic (exact) mass is 427 g/mol. The van der Waals surface area contributed by atoms with Crippen molar-refractivity contribution in [2.45, 2.75) is 83.0 Å². The Bertz CT molecular complexity index is 654. The maximum atomic E-state index is 10.6. The van der Waals surface area contributed by atoms with Crippen LogP contribution in [0.25, 0.3) is 0 Å². The maximum absolute atomic E-state index is 10.6. The molecule has 0 radical (unpaired) electrons. The highest BCUT2D eigenvalue weighted by Gasteiger charge is 2.47. The minimum Gasteiger partial charge on any atom is -0.467 e. The molecule has 0 aliphatic carbocycles. The van der Waals surface area contributed by atoms with E-state index in [-0.39, 0.29) is 12.0 Å². The number of aliphatic hydroxyl groups excluding tert-OH is 1. The summed E-state index contributed by atoms with van der Waals surface area (Å²) >= 11 is 0. The van der Waals surface area contributed by atoms with Gasteiger partial charge in [-0.1, -0.05) is 41.5 Å². The Hall–Kier alpha value is -1.49. The van der Waals surface area contributed by atoms with E-state index in [1.165, 1.54) is 7.11 Å². The van der Waals surface area contributed by atoms with Crippen molar-refractivity contribution in [3.63, 3.8) is 0 Å². The van der Waals surface area contributed by atoms with Crippen LogP contribution in [0.2, 0.25) is 16.6 Å². The minimum atomic E-state index is -2.03. The molecule has 0 saturated carbocycles. The third-order valence-electron chi connectivity index (χ3n) is 5.96. The van der Waals surface area contributed by atoms with Gasteiger partial charge in [-0.05, 0) is 16.6 Å². The first kappa shape index (κ1) is 23.8. The largest absolute Gasteiger partial charge is 0.467 e. The molecule has 10 heteroatoms. The predicted molar refractivity (Wildman–Crippen MR) is 115 cm³/mol. The normalized spacial score (nSPS) is 22.7. The van der Waals surface area contributed by atoms with Gasteiger partial charge in [0.2, 0.25) is 11.9 Å². The van der Waals surface area contributed by atoms with Crippen LogP contribution < -0.4 is 15.4 Å². The number of aromatic nitrogens is 3. The number of rotatable bonds is 9. The number of hydrogen-bond donors (Lipinski definition) is 2. The average Bonchev–Trinajstić information content (AvgIpc) is 3.00. The van der Waals surface area contributed by atoms with E-state index in [0.717, 1.165) is 0 Å². The average molecular weight is 428 g/mol. The van der Waals surface area contributed by atoms with Crippen LogP contribution in [0.1, 0.15) is 48.0 Å². The Morgan fingerprint density at radius 1 is 1.14 bits per heavy atom. The van der Waals surface area contributed by atoms with E-state index in [4.69, 9.17) is 19.6 Å². The summed E-state index contributed by atoms with van der Waals surface area (Å²) in [4.78, 5) is 14.0. The van der Waals surface area contributed by atoms with Crippen molar-refractivity contribution >= 4 is 20.2 Å². The maximum Gasteiger partial charge on any atom is 0.322 e. The molecule has 1 aliphatic heterocycles. The Labute approximate surface area is 175 Å². The molecule has 1 aromatic heterocycles. The molecule has 3 N–H and O–H groups in total. The smallest absolute Gasteiger partial charge is 0.322 e. The Balaban J connectivity index is 2.10. The molecular weight excluding hydrogens is 390 g/mol. The zero-order valence-electron chi connectivity index (χ0n) is 18.9. The number of ether oxygens (including phenoxy) is 2. The van der Waals surface area contributed by atoms with E-state index in [1.54, 1.807) is 11.9 Å². The van der Waals surface area contributed by atoms with Crippen molar-refractivity contribution in [3.05, 3.63) is 0 Å². The summed E-state index contributed by atoms with van der Waals surface area (Å²) in [5.41, 5.74) is 7.15. The molecule has 29 heavy (non-hydrogen) atoms. The zero-order chi connectivity index (χ0) is 21.9. The molecule has 0 spiro atoms. The first-order valence-corrected chi connectivity index (χ1v) is 12.4. The first-order valence-electron chi connectivity index (χ1n) is 10.3. The summed E-state index contributed by atoms with van der Waals surface area (Å²) in [6, 6.07) is 0.138. The summed E-state index contributed by atoms with van der Waals surface area (Å²) in [7, 11) is 1.24. The second kappa shape index (κ2) is 9.54. The summed E-state index contributed by atoms with van der Waals surface area (Å²) in [5.74, 6) is 0.405. The highest BCUT2D eigenvalue weighted by atomic mass is 28.4. The number of aliphatic hydroxyl groups is 1. The summed E-state index contributed by atoms with van der Waals surface area (Å²) < 4.78 is 17.8. The van der Waals surface area contributed by atoms with Crippen molar-refractivity contribution < 1.29 is 19.0 Å². The molecule has 1 fully saturated rings. The third-order valence-corrected chi connectivity index (χ3v) is 12.0. The summed E-state index contributed by atoms with van der Waals surface area (Å²) in [6.45, 7) is 13.8. The van der Waals surface area contributed by atoms with Gasteiger partial charge in [0.05, 0.1) is 19.8 Å². The van der Waals surface area contributed by atoms with Gasteiger partial charge in [0, 0.05) is 13.5 Å². The fourth-order valence-corrected chi connectivity index (χ4v) is 10.0. The number of anilines is 2. The molecule has 1 aliphatic rings. The lowest BCUT2D eigenvalue weighted by Crippen LogP contribution is -2.49. The second-order valence-electron chi connectivity index (χ2n) is 8.65. The van der Waals surface area contributed by atoms with Gasteiger partial charge in [0.15, 0.2) is 8.32 Å². The second-order valence-corrected chi connectivity index (χ2v) is 14.1. The molecule has 0 amide bonds. The minimum absolute atomic E-state index is 0.0683. The first-order chi connectivity index (χ1) is 13.5. The molecule has 3 atom stereocenters. The fourth-order valence-electron chi connectivity index (χ4n) is 4.57. The van der Waals surface area contributed by atoms with Crippen molar-refractivity contribution in [1.82, 2.24) is 15.0 Å². The van der Waals surface area contributed by atoms with Crippen molar-refractivity contribution in [2.75, 3.05) is 31.4 Å². The zero-order valence-corrected chi connectivity index (χ0v) is 19.9. The number of nitrogens with zero attached hydrogens (tertiary/aromatic N) is 4. The molecule has 2 rings (SSSR count). The molecule has 1 saturated heterocycles. The van der Waals surface area contributed by atoms with E-state index >= 15 is 0 Å². The van der Waals surface area contributed by atoms with E-state index in [0.29, 0.717) is 35.6 Å². The molecular formula is C19H37N5O4Si. The molecule has 0 aromatic carbocycles. The standard InChI is InChI=1S/C19H37N5O4Si/c1-11(2)29(12(3)4,13(5)6)27-10-15-14(25)9-16(28-15)24(7)18-21-17(20)22-19(23-18)26-8/h11-16,25H,9-10H2,1-8H3,(H2,20,21,22,23)/t14-,15+,16+/m0/s1. The van der Waals surface area contributed by atoms with Gasteiger partial charge in [-0.25, -0.2) is 0 Å². The predicted octanol–water partition coefficient (Wildman–Crippen LogP) is 2.57. The van der Waals surface area contributed by atoms with Crippen molar-refractivity contribution in [3.8, 4) is 6.01 Å². The molecule has 2 heterocycles. The molecule has 0 unspecified atom stereocenters. The molecule has 0 bridgehead atoms. The van der Waals surface area contributed by atoms with Crippen LogP contribution in [0.15, 0.2) is 0 Å². The summed E-state index contributed by atoms with van der Waals surface area (Å²) in [6.07, 6.45) is -0.982. The van der Waals surface area contributed by atoms with E-state index in [9.17, 15) is 5.11 Å². The Morgan fingerprint density at radius 2 is 1.72 bits per heavy atom. The van der Waals surface area contributed by atoms with Gasteiger partial charge < -0.3 is 29.6 Å². The SMILES string of the molecule is COc1nc(N)nc(N(C)[C@H]2C[C@H](O)[C@@H](CO[Si](C(C)C)(C(C)C)C(C)C)O2)n1. The number of hydrogen-bond acceptors (Lipinski definition) is 9. The lowest BCUT2D eigenvalue weighted by molar-refractivity contribution is -0.0192. The fraction of sp³-hybridized carbons (Fsp3) is 0.842. The third kappa shape index (κ3) is 4.99. The van der Waals surface area contributed by atoms with E-state index < -0.39 is 26.8 Å². The highest BCUT2D eigenvalue weighted by Crippen LogP contribution is 2.42. The molecule has 9 nitrogen and oxygen atoms in total. The molecule has 1 aromatic rings.